The van der Waals surface area contributed by atoms with Crippen LogP contribution in [0.5, 0.6) is 0 Å². The fourth-order valence-electron chi connectivity index (χ4n) is 3.18. The van der Waals surface area contributed by atoms with Crippen LogP contribution in [0.4, 0.5) is 5.69 Å². The first-order valence-electron chi connectivity index (χ1n) is 8.78. The molecular weight excluding hydrogens is 425 g/mol. The molecule has 30 heavy (non-hydrogen) atoms. The van der Waals surface area contributed by atoms with Gasteiger partial charge in [-0.25, -0.2) is 0 Å². The average molecular weight is 440 g/mol. The molecule has 0 aliphatic heterocycles. The van der Waals surface area contributed by atoms with Gasteiger partial charge in [0.25, 0.3) is 5.69 Å². The number of aromatic nitrogens is 1. The minimum absolute atomic E-state index is 0.0790. The molecule has 0 aliphatic carbocycles. The number of hydrogen-bond donors (Lipinski definition) is 0. The van der Waals surface area contributed by atoms with Crippen LogP contribution in [0.15, 0.2) is 54.1 Å². The standard InChI is InChI=1S/C22H15Cl2N3O3/c1-13-8-16(14(2)26(13)18-6-7-20(23)21(24)11-18)9-17(12-25)22(28)15-4-3-5-19(10-15)27(29)30/h3-11H,1-2H3. The zero-order valence-corrected chi connectivity index (χ0v) is 17.5. The number of nitriles is 1. The Kier molecular flexibility index (Phi) is 6.06. The number of Topliss-reactive ketones (excluding diaryl/α,β-unsaturated/α-hetero) is 1. The predicted octanol–water partition coefficient (Wildman–Crippen LogP) is 6.10. The van der Waals surface area contributed by atoms with Gasteiger partial charge in [-0.2, -0.15) is 5.26 Å². The molecule has 8 heteroatoms. The van der Waals surface area contributed by atoms with Crippen molar-refractivity contribution in [2.75, 3.05) is 0 Å². The summed E-state index contributed by atoms with van der Waals surface area (Å²) in [5.41, 5.74) is 2.88. The van der Waals surface area contributed by atoms with Crippen molar-refractivity contribution in [2.45, 2.75) is 13.8 Å². The monoisotopic (exact) mass is 439 g/mol. The second-order valence-corrected chi connectivity index (χ2v) is 7.38. The van der Waals surface area contributed by atoms with E-state index in [2.05, 4.69) is 0 Å². The van der Waals surface area contributed by atoms with E-state index in [4.69, 9.17) is 23.2 Å². The molecule has 150 valence electrons. The summed E-state index contributed by atoms with van der Waals surface area (Å²) in [5, 5.41) is 21.4. The van der Waals surface area contributed by atoms with E-state index >= 15 is 0 Å². The molecule has 0 aliphatic rings. The number of allylic oxidation sites excluding steroid dienone is 1. The van der Waals surface area contributed by atoms with Gasteiger partial charge in [0.2, 0.25) is 5.78 Å². The maximum Gasteiger partial charge on any atom is 0.270 e. The van der Waals surface area contributed by atoms with Crippen molar-refractivity contribution in [1.82, 2.24) is 4.57 Å². The molecule has 2 aromatic carbocycles. The number of nitro benzene ring substituents is 1. The smallest absolute Gasteiger partial charge is 0.270 e. The molecule has 0 amide bonds. The number of hydrogen-bond acceptors (Lipinski definition) is 4. The first-order valence-corrected chi connectivity index (χ1v) is 9.54. The van der Waals surface area contributed by atoms with Crippen LogP contribution in [0.1, 0.15) is 27.3 Å². The van der Waals surface area contributed by atoms with E-state index in [0.29, 0.717) is 15.6 Å². The lowest BCUT2D eigenvalue weighted by Gasteiger charge is -2.10. The summed E-state index contributed by atoms with van der Waals surface area (Å²) in [7, 11) is 0. The average Bonchev–Trinajstić information content (AvgIpc) is 3.00. The molecule has 0 unspecified atom stereocenters. The zero-order valence-electron chi connectivity index (χ0n) is 16.0. The van der Waals surface area contributed by atoms with Crippen LogP contribution in [0.3, 0.4) is 0 Å². The van der Waals surface area contributed by atoms with Crippen molar-refractivity contribution in [3.05, 3.63) is 96.8 Å². The van der Waals surface area contributed by atoms with E-state index in [9.17, 15) is 20.2 Å². The predicted molar refractivity (Wildman–Crippen MR) is 116 cm³/mol. The highest BCUT2D eigenvalue weighted by atomic mass is 35.5. The summed E-state index contributed by atoms with van der Waals surface area (Å²) < 4.78 is 1.93. The fraction of sp³-hybridized carbons (Fsp3) is 0.0909. The second kappa shape index (κ2) is 8.54. The Labute approximate surface area is 182 Å². The third kappa shape index (κ3) is 4.13. The van der Waals surface area contributed by atoms with E-state index in [1.165, 1.54) is 24.3 Å². The van der Waals surface area contributed by atoms with E-state index in [1.807, 2.05) is 36.6 Å². The molecule has 0 fully saturated rings. The van der Waals surface area contributed by atoms with Crippen LogP contribution in [0.2, 0.25) is 10.0 Å². The third-order valence-electron chi connectivity index (χ3n) is 4.62. The lowest BCUT2D eigenvalue weighted by Crippen LogP contribution is -2.03. The molecule has 3 rings (SSSR count). The van der Waals surface area contributed by atoms with Crippen molar-refractivity contribution in [2.24, 2.45) is 0 Å². The maximum atomic E-state index is 12.8. The van der Waals surface area contributed by atoms with E-state index in [1.54, 1.807) is 12.1 Å². The van der Waals surface area contributed by atoms with Gasteiger partial charge in [0.15, 0.2) is 0 Å². The Balaban J connectivity index is 2.04. The molecule has 0 radical (unpaired) electrons. The van der Waals surface area contributed by atoms with Crippen LogP contribution < -0.4 is 0 Å². The van der Waals surface area contributed by atoms with Crippen molar-refractivity contribution < 1.29 is 9.72 Å². The Bertz CT molecular complexity index is 1250. The number of rotatable bonds is 5. The van der Waals surface area contributed by atoms with E-state index in [0.717, 1.165) is 23.1 Å². The van der Waals surface area contributed by atoms with Gasteiger partial charge in [0.05, 0.1) is 15.0 Å². The number of non-ortho nitro benzene ring substituents is 1. The lowest BCUT2D eigenvalue weighted by atomic mass is 10.0. The van der Waals surface area contributed by atoms with Gasteiger partial charge in [-0.15, -0.1) is 0 Å². The Hall–Kier alpha value is -3.40. The molecule has 0 saturated carbocycles. The summed E-state index contributed by atoms with van der Waals surface area (Å²) in [6, 6.07) is 14.3. The summed E-state index contributed by atoms with van der Waals surface area (Å²) >= 11 is 12.1. The molecule has 0 N–H and O–H groups in total. The number of ketones is 1. The molecule has 6 nitrogen and oxygen atoms in total. The van der Waals surface area contributed by atoms with Crippen LogP contribution in [0, 0.1) is 35.3 Å². The summed E-state index contributed by atoms with van der Waals surface area (Å²) in [6.45, 7) is 3.75. The number of nitro groups is 1. The minimum Gasteiger partial charge on any atom is -0.318 e. The van der Waals surface area contributed by atoms with Gasteiger partial charge in [-0.05, 0) is 49.8 Å². The van der Waals surface area contributed by atoms with Gasteiger partial charge in [0, 0.05) is 34.8 Å². The number of halogens is 2. The van der Waals surface area contributed by atoms with Crippen LogP contribution in [-0.4, -0.2) is 15.3 Å². The zero-order chi connectivity index (χ0) is 22.0. The largest absolute Gasteiger partial charge is 0.318 e. The topological polar surface area (TPSA) is 88.9 Å². The Morgan fingerprint density at radius 2 is 1.87 bits per heavy atom. The first-order chi connectivity index (χ1) is 14.2. The Morgan fingerprint density at radius 3 is 2.50 bits per heavy atom. The summed E-state index contributed by atoms with van der Waals surface area (Å²) in [6.07, 6.45) is 1.48. The molecule has 0 spiro atoms. The third-order valence-corrected chi connectivity index (χ3v) is 5.35. The molecular formula is C22H15Cl2N3O3. The van der Waals surface area contributed by atoms with Gasteiger partial charge in [0.1, 0.15) is 11.6 Å². The van der Waals surface area contributed by atoms with Crippen LogP contribution >= 0.6 is 23.2 Å². The number of carbonyl (C=O) groups is 1. The molecule has 1 aromatic heterocycles. The van der Waals surface area contributed by atoms with E-state index < -0.39 is 10.7 Å². The van der Waals surface area contributed by atoms with Crippen molar-refractivity contribution >= 4 is 40.7 Å². The first kappa shape index (κ1) is 21.3. The van der Waals surface area contributed by atoms with Crippen molar-refractivity contribution in [3.63, 3.8) is 0 Å². The van der Waals surface area contributed by atoms with Gasteiger partial charge in [-0.3, -0.25) is 14.9 Å². The highest BCUT2D eigenvalue weighted by Gasteiger charge is 2.17. The number of nitrogens with zero attached hydrogens (tertiary/aromatic N) is 3. The Morgan fingerprint density at radius 1 is 1.13 bits per heavy atom. The maximum absolute atomic E-state index is 12.8. The summed E-state index contributed by atoms with van der Waals surface area (Å²) in [5.74, 6) is -0.583. The molecule has 0 saturated heterocycles. The normalized spacial score (nSPS) is 11.2. The SMILES string of the molecule is Cc1cc(C=C(C#N)C(=O)c2cccc([N+](=O)[O-])c2)c(C)n1-c1ccc(Cl)c(Cl)c1. The fourth-order valence-corrected chi connectivity index (χ4v) is 3.47. The quantitative estimate of drug-likeness (QED) is 0.158. The molecule has 1 heterocycles. The molecule has 0 bridgehead atoms. The van der Waals surface area contributed by atoms with Crippen molar-refractivity contribution in [1.29, 1.82) is 5.26 Å². The number of aryl methyl sites for hydroxylation is 1. The molecule has 3 aromatic rings. The highest BCUT2D eigenvalue weighted by molar-refractivity contribution is 6.42. The van der Waals surface area contributed by atoms with Gasteiger partial charge in [-0.1, -0.05) is 35.3 Å². The second-order valence-electron chi connectivity index (χ2n) is 6.57. The van der Waals surface area contributed by atoms with Gasteiger partial charge >= 0.3 is 0 Å². The van der Waals surface area contributed by atoms with E-state index in [-0.39, 0.29) is 16.8 Å². The number of carbonyl (C=O) groups excluding carboxylic acids is 1. The summed E-state index contributed by atoms with van der Waals surface area (Å²) in [4.78, 5) is 23.1. The van der Waals surface area contributed by atoms with Crippen molar-refractivity contribution in [3.8, 4) is 11.8 Å². The lowest BCUT2D eigenvalue weighted by molar-refractivity contribution is -0.384. The van der Waals surface area contributed by atoms with Crippen LogP contribution in [0.25, 0.3) is 11.8 Å². The van der Waals surface area contributed by atoms with Gasteiger partial charge < -0.3 is 4.57 Å². The number of benzene rings is 2. The van der Waals surface area contributed by atoms with Crippen LogP contribution in [-0.2, 0) is 0 Å². The molecule has 0 atom stereocenters. The highest BCUT2D eigenvalue weighted by Crippen LogP contribution is 2.28. The minimum atomic E-state index is -0.586.